The number of hydrogen-bond acceptors (Lipinski definition) is 5. The molecule has 0 bridgehead atoms. The Kier molecular flexibility index (Phi) is 4.69. The molecule has 6 nitrogen and oxygen atoms in total. The predicted molar refractivity (Wildman–Crippen MR) is 92.9 cm³/mol. The molecule has 0 unspecified atom stereocenters. The number of piperazine rings is 1. The molecule has 0 atom stereocenters. The Labute approximate surface area is 142 Å². The van der Waals surface area contributed by atoms with Crippen LogP contribution in [0.2, 0.25) is 0 Å². The minimum absolute atomic E-state index is 0.00333. The Morgan fingerprint density at radius 2 is 2.00 bits per heavy atom. The van der Waals surface area contributed by atoms with Crippen molar-refractivity contribution in [2.24, 2.45) is 4.99 Å². The third-order valence-electron chi connectivity index (χ3n) is 4.52. The van der Waals surface area contributed by atoms with Gasteiger partial charge in [0.15, 0.2) is 0 Å². The van der Waals surface area contributed by atoms with E-state index in [1.165, 1.54) is 0 Å². The summed E-state index contributed by atoms with van der Waals surface area (Å²) in [6, 6.07) is 3.67. The van der Waals surface area contributed by atoms with Crippen LogP contribution < -0.4 is 10.6 Å². The zero-order chi connectivity index (χ0) is 17.3. The lowest BCUT2D eigenvalue weighted by Crippen LogP contribution is -2.49. The van der Waals surface area contributed by atoms with Gasteiger partial charge in [-0.2, -0.15) is 0 Å². The van der Waals surface area contributed by atoms with Gasteiger partial charge in [-0.15, -0.1) is 0 Å². The molecule has 0 saturated carbocycles. The molecular formula is C18H24N4O2. The van der Waals surface area contributed by atoms with Crippen LogP contribution >= 0.6 is 0 Å². The third-order valence-corrected chi connectivity index (χ3v) is 4.52. The largest absolute Gasteiger partial charge is 0.336 e. The first-order chi connectivity index (χ1) is 11.5. The van der Waals surface area contributed by atoms with Crippen LogP contribution in [0.25, 0.3) is 12.3 Å². The highest BCUT2D eigenvalue weighted by atomic mass is 16.5. The van der Waals surface area contributed by atoms with Crippen LogP contribution in [0.5, 0.6) is 0 Å². The Bertz CT molecular complexity index is 777. The van der Waals surface area contributed by atoms with Crippen molar-refractivity contribution in [1.82, 2.24) is 14.9 Å². The molecule has 0 spiro atoms. The molecule has 1 aromatic carbocycles. The molecule has 0 radical (unpaired) electrons. The monoisotopic (exact) mass is 328 g/mol. The van der Waals surface area contributed by atoms with E-state index in [4.69, 9.17) is 0 Å². The number of fused-ring (bicyclic) bond motifs is 1. The van der Waals surface area contributed by atoms with Gasteiger partial charge in [-0.3, -0.25) is 20.1 Å². The molecule has 0 aromatic heterocycles. The van der Waals surface area contributed by atoms with Crippen LogP contribution in [0, 0.1) is 0 Å². The van der Waals surface area contributed by atoms with E-state index in [1.807, 2.05) is 37.0 Å². The van der Waals surface area contributed by atoms with E-state index in [1.54, 1.807) is 12.4 Å². The summed E-state index contributed by atoms with van der Waals surface area (Å²) in [4.78, 5) is 21.5. The highest BCUT2D eigenvalue weighted by molar-refractivity contribution is 5.95. The fourth-order valence-corrected chi connectivity index (χ4v) is 2.87. The molecule has 2 aliphatic heterocycles. The van der Waals surface area contributed by atoms with Gasteiger partial charge >= 0.3 is 0 Å². The topological polar surface area (TPSA) is 59.4 Å². The second-order valence-corrected chi connectivity index (χ2v) is 6.61. The molecule has 24 heavy (non-hydrogen) atoms. The second kappa shape index (κ2) is 6.75. The lowest BCUT2D eigenvalue weighted by Gasteiger charge is -2.32. The number of rotatable bonds is 3. The SMILES string of the molecule is CC(C)N(O)/C=c1/c(C(=O)N2CCN(C)CC2)ccc2c1=NC=C2. The number of carbonyl (C=O) groups excluding carboxylic acids is 1. The lowest BCUT2D eigenvalue weighted by atomic mass is 10.1. The average Bonchev–Trinajstić information content (AvgIpc) is 3.04. The predicted octanol–water partition coefficient (Wildman–Crippen LogP) is 0.516. The van der Waals surface area contributed by atoms with E-state index in [2.05, 4.69) is 16.9 Å². The zero-order valence-corrected chi connectivity index (χ0v) is 14.4. The number of likely N-dealkylation sites (N-methyl/N-ethyl adjacent to an activating group) is 1. The van der Waals surface area contributed by atoms with E-state index < -0.39 is 0 Å². The van der Waals surface area contributed by atoms with E-state index in [0.717, 1.165) is 29.1 Å². The number of nitrogens with zero attached hydrogens (tertiary/aromatic N) is 4. The molecule has 1 N–H and O–H groups in total. The second-order valence-electron chi connectivity index (χ2n) is 6.61. The molecular weight excluding hydrogens is 304 g/mol. The first kappa shape index (κ1) is 16.7. The van der Waals surface area contributed by atoms with Crippen molar-refractivity contribution in [3.05, 3.63) is 40.0 Å². The maximum atomic E-state index is 13.0. The van der Waals surface area contributed by atoms with Gasteiger partial charge in [-0.05, 0) is 33.0 Å². The van der Waals surface area contributed by atoms with Crippen molar-refractivity contribution < 1.29 is 10.0 Å². The Balaban J connectivity index is 2.04. The van der Waals surface area contributed by atoms with Crippen molar-refractivity contribution in [2.45, 2.75) is 19.9 Å². The van der Waals surface area contributed by atoms with E-state index in [0.29, 0.717) is 23.9 Å². The maximum Gasteiger partial charge on any atom is 0.254 e. The average molecular weight is 328 g/mol. The minimum atomic E-state index is -0.0817. The van der Waals surface area contributed by atoms with Crippen LogP contribution in [0.15, 0.2) is 23.3 Å². The molecule has 128 valence electrons. The van der Waals surface area contributed by atoms with E-state index in [-0.39, 0.29) is 11.9 Å². The maximum absolute atomic E-state index is 13.0. The summed E-state index contributed by atoms with van der Waals surface area (Å²) in [5.74, 6) is -0.00333. The summed E-state index contributed by atoms with van der Waals surface area (Å²) >= 11 is 0. The number of hydroxylamine groups is 2. The molecule has 1 saturated heterocycles. The van der Waals surface area contributed by atoms with Gasteiger partial charge < -0.3 is 9.80 Å². The number of amides is 1. The number of hydrogen-bond donors (Lipinski definition) is 1. The van der Waals surface area contributed by atoms with Crippen molar-refractivity contribution in [1.29, 1.82) is 0 Å². The van der Waals surface area contributed by atoms with Crippen LogP contribution in [-0.2, 0) is 0 Å². The Hall–Kier alpha value is -2.18. The van der Waals surface area contributed by atoms with Gasteiger partial charge in [-0.25, -0.2) is 0 Å². The van der Waals surface area contributed by atoms with Crippen molar-refractivity contribution in [2.75, 3.05) is 33.2 Å². The molecule has 1 amide bonds. The summed E-state index contributed by atoms with van der Waals surface area (Å²) in [7, 11) is 2.06. The first-order valence-electron chi connectivity index (χ1n) is 8.31. The highest BCUT2D eigenvalue weighted by Gasteiger charge is 2.22. The fraction of sp³-hybridized carbons (Fsp3) is 0.444. The Morgan fingerprint density at radius 3 is 2.67 bits per heavy atom. The molecule has 1 fully saturated rings. The van der Waals surface area contributed by atoms with Crippen LogP contribution in [0.3, 0.4) is 0 Å². The normalized spacial score (nSPS) is 18.0. The summed E-state index contributed by atoms with van der Waals surface area (Å²) in [5.41, 5.74) is 1.55. The summed E-state index contributed by atoms with van der Waals surface area (Å²) in [6.07, 6.45) is 5.25. The van der Waals surface area contributed by atoms with Crippen molar-refractivity contribution in [3.8, 4) is 0 Å². The molecule has 1 aromatic rings. The van der Waals surface area contributed by atoms with Crippen LogP contribution in [-0.4, -0.2) is 65.2 Å². The third kappa shape index (κ3) is 3.20. The molecule has 6 heteroatoms. The van der Waals surface area contributed by atoms with Gasteiger partial charge in [0.1, 0.15) is 0 Å². The fourth-order valence-electron chi connectivity index (χ4n) is 2.87. The van der Waals surface area contributed by atoms with Gasteiger partial charge in [0, 0.05) is 49.4 Å². The lowest BCUT2D eigenvalue weighted by molar-refractivity contribution is -0.0478. The van der Waals surface area contributed by atoms with Crippen LogP contribution in [0.1, 0.15) is 29.8 Å². The summed E-state index contributed by atoms with van der Waals surface area (Å²) < 4.78 is 0. The quantitative estimate of drug-likeness (QED) is 0.822. The summed E-state index contributed by atoms with van der Waals surface area (Å²) in [5, 5.41) is 12.7. The van der Waals surface area contributed by atoms with Gasteiger partial charge in [0.2, 0.25) is 0 Å². The number of benzene rings is 1. The smallest absolute Gasteiger partial charge is 0.254 e. The first-order valence-corrected chi connectivity index (χ1v) is 8.31. The summed E-state index contributed by atoms with van der Waals surface area (Å²) in [6.45, 7) is 6.95. The standard InChI is InChI=1S/C18H24N4O2/c1-13(2)22(24)12-16-15(5-4-14-6-7-19-17(14)16)18(23)21-10-8-20(3)9-11-21/h4-7,12-13,24H,8-11H2,1-3H3/b16-12-. The number of carbonyl (C=O) groups is 1. The minimum Gasteiger partial charge on any atom is -0.336 e. The van der Waals surface area contributed by atoms with E-state index >= 15 is 0 Å². The Morgan fingerprint density at radius 1 is 1.29 bits per heavy atom. The molecule has 2 heterocycles. The zero-order valence-electron chi connectivity index (χ0n) is 14.4. The molecule has 3 rings (SSSR count). The molecule has 0 aliphatic carbocycles. The van der Waals surface area contributed by atoms with Crippen LogP contribution in [0.4, 0.5) is 0 Å². The van der Waals surface area contributed by atoms with Crippen molar-refractivity contribution in [3.63, 3.8) is 0 Å². The van der Waals surface area contributed by atoms with Gasteiger partial charge in [0.25, 0.3) is 5.91 Å². The van der Waals surface area contributed by atoms with Gasteiger partial charge in [0.05, 0.1) is 17.0 Å². The van der Waals surface area contributed by atoms with E-state index in [9.17, 15) is 10.0 Å². The van der Waals surface area contributed by atoms with Gasteiger partial charge in [-0.1, -0.05) is 6.07 Å². The highest BCUT2D eigenvalue weighted by Crippen LogP contribution is 2.08. The molecule has 2 aliphatic rings. The van der Waals surface area contributed by atoms with Crippen molar-refractivity contribution >= 4 is 18.2 Å².